The van der Waals surface area contributed by atoms with Crippen LogP contribution in [0.3, 0.4) is 0 Å². The van der Waals surface area contributed by atoms with Crippen LogP contribution in [0.15, 0.2) is 24.3 Å². The van der Waals surface area contributed by atoms with E-state index in [9.17, 15) is 4.79 Å². The van der Waals surface area contributed by atoms with Crippen LogP contribution in [-0.2, 0) is 9.53 Å². The molecule has 0 spiro atoms. The van der Waals surface area contributed by atoms with Gasteiger partial charge in [0.05, 0.1) is 37.5 Å². The third-order valence-corrected chi connectivity index (χ3v) is 5.04. The second-order valence-electron chi connectivity index (χ2n) is 7.35. The SMILES string of the molecule is COc1ccccc1N1CCN(C(=O)CC2CNCCO2)CC1(C)C.Cl.Cl. The summed E-state index contributed by atoms with van der Waals surface area (Å²) in [4.78, 5) is 17.0. The minimum absolute atomic E-state index is 0. The summed E-state index contributed by atoms with van der Waals surface area (Å²) in [5.74, 6) is 1.05. The van der Waals surface area contributed by atoms with Crippen LogP contribution in [0, 0.1) is 0 Å². The molecule has 0 radical (unpaired) electrons. The first-order valence-electron chi connectivity index (χ1n) is 9.02. The standard InChI is InChI=1S/C19H29N3O3.2ClH/c1-19(2)14-21(18(23)12-15-13-20-8-11-25-15)9-10-22(19)16-6-4-5-7-17(16)24-3;;/h4-7,15,20H,8-14H2,1-3H3;2*1H. The first kappa shape index (κ1) is 23.8. The number of hydrogen-bond acceptors (Lipinski definition) is 5. The largest absolute Gasteiger partial charge is 0.495 e. The molecule has 6 nitrogen and oxygen atoms in total. The Bertz CT molecular complexity index is 610. The average Bonchev–Trinajstić information content (AvgIpc) is 2.61. The van der Waals surface area contributed by atoms with Crippen LogP contribution in [0.5, 0.6) is 5.75 Å². The number of rotatable bonds is 4. The molecule has 1 atom stereocenters. The van der Waals surface area contributed by atoms with Crippen molar-refractivity contribution in [1.29, 1.82) is 0 Å². The van der Waals surface area contributed by atoms with E-state index in [1.165, 1.54) is 0 Å². The van der Waals surface area contributed by atoms with Gasteiger partial charge < -0.3 is 24.6 Å². The van der Waals surface area contributed by atoms with E-state index < -0.39 is 0 Å². The van der Waals surface area contributed by atoms with Gasteiger partial charge in [-0.1, -0.05) is 12.1 Å². The molecule has 1 aromatic rings. The molecule has 1 amide bonds. The van der Waals surface area contributed by atoms with E-state index in [4.69, 9.17) is 9.47 Å². The van der Waals surface area contributed by atoms with Gasteiger partial charge in [0.25, 0.3) is 0 Å². The predicted molar refractivity (Wildman–Crippen MR) is 113 cm³/mol. The van der Waals surface area contributed by atoms with Gasteiger partial charge in [0.1, 0.15) is 5.75 Å². The number of nitrogens with one attached hydrogen (secondary N) is 1. The molecule has 27 heavy (non-hydrogen) atoms. The summed E-state index contributed by atoms with van der Waals surface area (Å²) in [6, 6.07) is 8.07. The van der Waals surface area contributed by atoms with Gasteiger partial charge >= 0.3 is 0 Å². The number of amides is 1. The zero-order valence-corrected chi connectivity index (χ0v) is 17.9. The van der Waals surface area contributed by atoms with Crippen molar-refractivity contribution in [2.75, 3.05) is 51.3 Å². The number of piperazine rings is 1. The smallest absolute Gasteiger partial charge is 0.225 e. The van der Waals surface area contributed by atoms with E-state index in [-0.39, 0.29) is 42.4 Å². The zero-order valence-electron chi connectivity index (χ0n) is 16.3. The fourth-order valence-corrected chi connectivity index (χ4v) is 3.74. The fourth-order valence-electron chi connectivity index (χ4n) is 3.74. The lowest BCUT2D eigenvalue weighted by Crippen LogP contribution is -2.61. The van der Waals surface area contributed by atoms with E-state index in [0.717, 1.165) is 37.6 Å². The highest BCUT2D eigenvalue weighted by atomic mass is 35.5. The Labute approximate surface area is 174 Å². The predicted octanol–water partition coefficient (Wildman–Crippen LogP) is 2.34. The lowest BCUT2D eigenvalue weighted by Gasteiger charge is -2.49. The normalized spacial score (nSPS) is 21.7. The van der Waals surface area contributed by atoms with Crippen LogP contribution < -0.4 is 15.0 Å². The quantitative estimate of drug-likeness (QED) is 0.811. The number of carbonyl (C=O) groups is 1. The van der Waals surface area contributed by atoms with Crippen LogP contribution in [0.4, 0.5) is 5.69 Å². The van der Waals surface area contributed by atoms with Crippen molar-refractivity contribution in [3.05, 3.63) is 24.3 Å². The van der Waals surface area contributed by atoms with E-state index in [1.807, 2.05) is 23.1 Å². The molecular weight excluding hydrogens is 389 g/mol. The molecule has 0 saturated carbocycles. The Morgan fingerprint density at radius 2 is 2.04 bits per heavy atom. The van der Waals surface area contributed by atoms with E-state index in [2.05, 4.69) is 30.1 Å². The lowest BCUT2D eigenvalue weighted by atomic mass is 9.97. The molecule has 1 unspecified atom stereocenters. The van der Waals surface area contributed by atoms with Gasteiger partial charge in [-0.25, -0.2) is 0 Å². The molecule has 3 rings (SSSR count). The Kier molecular flexibility index (Phi) is 9.15. The van der Waals surface area contributed by atoms with Gasteiger partial charge in [-0.3, -0.25) is 4.79 Å². The molecule has 2 saturated heterocycles. The minimum Gasteiger partial charge on any atom is -0.495 e. The number of carbonyl (C=O) groups excluding carboxylic acids is 1. The van der Waals surface area contributed by atoms with Gasteiger partial charge in [-0.15, -0.1) is 24.8 Å². The highest BCUT2D eigenvalue weighted by Gasteiger charge is 2.37. The van der Waals surface area contributed by atoms with Crippen molar-refractivity contribution in [2.24, 2.45) is 0 Å². The second-order valence-corrected chi connectivity index (χ2v) is 7.35. The fraction of sp³-hybridized carbons (Fsp3) is 0.632. The number of anilines is 1. The van der Waals surface area contributed by atoms with Gasteiger partial charge in [0.2, 0.25) is 5.91 Å². The highest BCUT2D eigenvalue weighted by molar-refractivity contribution is 5.85. The number of halogens is 2. The minimum atomic E-state index is -0.159. The summed E-state index contributed by atoms with van der Waals surface area (Å²) in [5, 5.41) is 3.28. The molecule has 0 aromatic heterocycles. The van der Waals surface area contributed by atoms with E-state index >= 15 is 0 Å². The Morgan fingerprint density at radius 3 is 2.67 bits per heavy atom. The molecule has 1 aromatic carbocycles. The summed E-state index contributed by atoms with van der Waals surface area (Å²) in [7, 11) is 1.70. The zero-order chi connectivity index (χ0) is 17.9. The molecule has 154 valence electrons. The third-order valence-electron chi connectivity index (χ3n) is 5.04. The van der Waals surface area contributed by atoms with Crippen molar-refractivity contribution in [3.8, 4) is 5.75 Å². The summed E-state index contributed by atoms with van der Waals surface area (Å²) in [6.07, 6.45) is 0.453. The number of benzene rings is 1. The molecule has 2 aliphatic rings. The second kappa shape index (κ2) is 10.4. The number of hydrogen-bond donors (Lipinski definition) is 1. The molecule has 0 aliphatic carbocycles. The van der Waals surface area contributed by atoms with E-state index in [0.29, 0.717) is 19.6 Å². The van der Waals surface area contributed by atoms with Crippen molar-refractivity contribution in [2.45, 2.75) is 31.9 Å². The highest BCUT2D eigenvalue weighted by Crippen LogP contribution is 2.35. The number of morpholine rings is 1. The number of para-hydroxylation sites is 2. The van der Waals surface area contributed by atoms with Gasteiger partial charge in [-0.05, 0) is 26.0 Å². The van der Waals surface area contributed by atoms with Gasteiger partial charge in [-0.2, -0.15) is 0 Å². The summed E-state index contributed by atoms with van der Waals surface area (Å²) in [6.45, 7) is 8.89. The van der Waals surface area contributed by atoms with Crippen LogP contribution in [-0.4, -0.2) is 68.9 Å². The van der Waals surface area contributed by atoms with Crippen molar-refractivity contribution < 1.29 is 14.3 Å². The molecule has 2 heterocycles. The van der Waals surface area contributed by atoms with Crippen LogP contribution >= 0.6 is 24.8 Å². The van der Waals surface area contributed by atoms with E-state index in [1.54, 1.807) is 7.11 Å². The average molecular weight is 420 g/mol. The third kappa shape index (κ3) is 5.64. The number of ether oxygens (including phenoxy) is 2. The van der Waals surface area contributed by atoms with Crippen LogP contribution in [0.1, 0.15) is 20.3 Å². The topological polar surface area (TPSA) is 54.0 Å². The summed E-state index contributed by atoms with van der Waals surface area (Å²) in [5.41, 5.74) is 0.927. The Balaban J connectivity index is 0.00000182. The Morgan fingerprint density at radius 1 is 1.30 bits per heavy atom. The lowest BCUT2D eigenvalue weighted by molar-refractivity contribution is -0.136. The van der Waals surface area contributed by atoms with Gasteiger partial charge in [0.15, 0.2) is 0 Å². The molecular formula is C19H31Cl2N3O3. The molecule has 2 fully saturated rings. The summed E-state index contributed by atoms with van der Waals surface area (Å²) >= 11 is 0. The maximum Gasteiger partial charge on any atom is 0.225 e. The summed E-state index contributed by atoms with van der Waals surface area (Å²) < 4.78 is 11.2. The van der Waals surface area contributed by atoms with Crippen molar-refractivity contribution >= 4 is 36.4 Å². The molecule has 1 N–H and O–H groups in total. The van der Waals surface area contributed by atoms with Crippen LogP contribution in [0.25, 0.3) is 0 Å². The molecule has 0 bridgehead atoms. The first-order chi connectivity index (χ1) is 12.0. The number of nitrogens with zero attached hydrogens (tertiary/aromatic N) is 2. The Hall–Kier alpha value is -1.21. The monoisotopic (exact) mass is 419 g/mol. The van der Waals surface area contributed by atoms with Gasteiger partial charge in [0, 0.05) is 32.7 Å². The maximum atomic E-state index is 12.7. The van der Waals surface area contributed by atoms with Crippen molar-refractivity contribution in [3.63, 3.8) is 0 Å². The maximum absolute atomic E-state index is 12.7. The molecule has 2 aliphatic heterocycles. The van der Waals surface area contributed by atoms with Crippen LogP contribution in [0.2, 0.25) is 0 Å². The van der Waals surface area contributed by atoms with Crippen molar-refractivity contribution in [1.82, 2.24) is 10.2 Å². The first-order valence-corrected chi connectivity index (χ1v) is 9.02. The number of methoxy groups -OCH3 is 1. The molecule has 8 heteroatoms.